The molecule has 0 radical (unpaired) electrons. The second kappa shape index (κ2) is 9.56. The summed E-state index contributed by atoms with van der Waals surface area (Å²) in [5, 5.41) is 7.56. The zero-order chi connectivity index (χ0) is 21.8. The van der Waals surface area contributed by atoms with Crippen LogP contribution >= 0.6 is 11.6 Å². The highest BCUT2D eigenvalue weighted by atomic mass is 35.5. The summed E-state index contributed by atoms with van der Waals surface area (Å²) < 4.78 is 0. The molecule has 1 fully saturated rings. The molecule has 1 saturated carbocycles. The highest BCUT2D eigenvalue weighted by molar-refractivity contribution is 6.33. The first-order chi connectivity index (χ1) is 15.0. The number of benzene rings is 2. The van der Waals surface area contributed by atoms with Gasteiger partial charge in [-0.25, -0.2) is 0 Å². The van der Waals surface area contributed by atoms with Gasteiger partial charge in [0.1, 0.15) is 6.04 Å². The van der Waals surface area contributed by atoms with Crippen LogP contribution in [0, 0.1) is 5.92 Å². The van der Waals surface area contributed by atoms with Crippen molar-refractivity contribution in [2.75, 3.05) is 0 Å². The fraction of sp³-hybridized carbons (Fsp3) is 0.360. The molecule has 4 rings (SSSR count). The zero-order valence-electron chi connectivity index (χ0n) is 17.7. The third-order valence-electron chi connectivity index (χ3n) is 6.28. The molecule has 0 bridgehead atoms. The van der Waals surface area contributed by atoms with Crippen molar-refractivity contribution in [2.45, 2.75) is 51.1 Å². The third-order valence-corrected chi connectivity index (χ3v) is 6.61. The van der Waals surface area contributed by atoms with Crippen LogP contribution in [0.4, 0.5) is 0 Å². The van der Waals surface area contributed by atoms with Crippen LogP contribution in [0.15, 0.2) is 54.7 Å². The zero-order valence-corrected chi connectivity index (χ0v) is 18.4. The maximum absolute atomic E-state index is 13.3. The Bertz CT molecular complexity index is 1080. The largest absolute Gasteiger partial charge is 0.361 e. The summed E-state index contributed by atoms with van der Waals surface area (Å²) in [6.45, 7) is 2.18. The first-order valence-corrected chi connectivity index (χ1v) is 11.3. The second-order valence-corrected chi connectivity index (χ2v) is 8.85. The molecule has 31 heavy (non-hydrogen) atoms. The van der Waals surface area contributed by atoms with Gasteiger partial charge in [0.25, 0.3) is 5.91 Å². The van der Waals surface area contributed by atoms with Crippen LogP contribution in [-0.4, -0.2) is 28.9 Å². The Morgan fingerprint density at radius 2 is 1.84 bits per heavy atom. The van der Waals surface area contributed by atoms with Crippen molar-refractivity contribution in [3.8, 4) is 0 Å². The molecule has 1 aromatic heterocycles. The minimum atomic E-state index is -0.697. The number of carbonyl (C=O) groups is 2. The average molecular weight is 438 g/mol. The minimum Gasteiger partial charge on any atom is -0.361 e. The summed E-state index contributed by atoms with van der Waals surface area (Å²) in [4.78, 5) is 29.5. The second-order valence-electron chi connectivity index (χ2n) is 8.45. The molecule has 3 aromatic rings. The number of H-pyrrole nitrogens is 1. The van der Waals surface area contributed by atoms with E-state index < -0.39 is 6.04 Å². The van der Waals surface area contributed by atoms with Crippen molar-refractivity contribution in [3.05, 3.63) is 70.9 Å². The molecule has 1 heterocycles. The van der Waals surface area contributed by atoms with Gasteiger partial charge in [-0.05, 0) is 42.5 Å². The minimum absolute atomic E-state index is 0.143. The van der Waals surface area contributed by atoms with Crippen LogP contribution in [-0.2, 0) is 11.2 Å². The molecule has 3 atom stereocenters. The highest BCUT2D eigenvalue weighted by Gasteiger charge is 2.28. The number of para-hydroxylation sites is 1. The first kappa shape index (κ1) is 21.4. The number of halogens is 1. The number of fused-ring (bicyclic) bond motifs is 1. The highest BCUT2D eigenvalue weighted by Crippen LogP contribution is 2.24. The molecular weight excluding hydrogens is 410 g/mol. The third kappa shape index (κ3) is 4.93. The molecule has 6 heteroatoms. The predicted molar refractivity (Wildman–Crippen MR) is 124 cm³/mol. The average Bonchev–Trinajstić information content (AvgIpc) is 3.18. The summed E-state index contributed by atoms with van der Waals surface area (Å²) >= 11 is 6.21. The van der Waals surface area contributed by atoms with E-state index in [1.54, 1.807) is 24.3 Å². The number of hydrogen-bond acceptors (Lipinski definition) is 2. The number of aromatic nitrogens is 1. The lowest BCUT2D eigenvalue weighted by atomic mass is 9.85. The molecule has 1 aliphatic rings. The van der Waals surface area contributed by atoms with E-state index in [4.69, 9.17) is 11.6 Å². The van der Waals surface area contributed by atoms with Crippen LogP contribution in [0.1, 0.15) is 48.5 Å². The number of rotatable bonds is 6. The van der Waals surface area contributed by atoms with Gasteiger partial charge in [0.05, 0.1) is 10.6 Å². The van der Waals surface area contributed by atoms with Gasteiger partial charge in [-0.3, -0.25) is 9.59 Å². The molecule has 0 aliphatic heterocycles. The van der Waals surface area contributed by atoms with Gasteiger partial charge in [-0.1, -0.05) is 61.7 Å². The van der Waals surface area contributed by atoms with Crippen molar-refractivity contribution in [3.63, 3.8) is 0 Å². The van der Waals surface area contributed by atoms with Crippen molar-refractivity contribution in [2.24, 2.45) is 5.92 Å². The summed E-state index contributed by atoms with van der Waals surface area (Å²) in [6, 6.07) is 14.3. The molecule has 3 unspecified atom stereocenters. The van der Waals surface area contributed by atoms with E-state index in [0.29, 0.717) is 22.9 Å². The Labute approximate surface area is 187 Å². The SMILES string of the molecule is CC1CCCCC1NC(=O)C(Cc1c[nH]c2ccccc12)NC(=O)c1ccccc1Cl. The van der Waals surface area contributed by atoms with Gasteiger partial charge in [0, 0.05) is 29.6 Å². The van der Waals surface area contributed by atoms with Gasteiger partial charge in [0.2, 0.25) is 5.91 Å². The van der Waals surface area contributed by atoms with Crippen LogP contribution in [0.3, 0.4) is 0 Å². The smallest absolute Gasteiger partial charge is 0.253 e. The lowest BCUT2D eigenvalue weighted by Crippen LogP contribution is -2.52. The van der Waals surface area contributed by atoms with E-state index in [-0.39, 0.29) is 17.9 Å². The maximum Gasteiger partial charge on any atom is 0.253 e. The van der Waals surface area contributed by atoms with E-state index in [2.05, 4.69) is 22.5 Å². The topological polar surface area (TPSA) is 74.0 Å². The van der Waals surface area contributed by atoms with Gasteiger partial charge in [0.15, 0.2) is 0 Å². The Hall–Kier alpha value is -2.79. The van der Waals surface area contributed by atoms with Crippen molar-refractivity contribution < 1.29 is 9.59 Å². The summed E-state index contributed by atoms with van der Waals surface area (Å²) in [6.07, 6.45) is 6.72. The van der Waals surface area contributed by atoms with Crippen molar-refractivity contribution >= 4 is 34.3 Å². The lowest BCUT2D eigenvalue weighted by molar-refractivity contribution is -0.124. The fourth-order valence-corrected chi connectivity index (χ4v) is 4.65. The molecule has 2 amide bonds. The summed E-state index contributed by atoms with van der Waals surface area (Å²) in [7, 11) is 0. The fourth-order valence-electron chi connectivity index (χ4n) is 4.43. The molecule has 0 saturated heterocycles. The Morgan fingerprint density at radius 3 is 2.65 bits per heavy atom. The monoisotopic (exact) mass is 437 g/mol. The summed E-state index contributed by atoms with van der Waals surface area (Å²) in [5.41, 5.74) is 2.37. The predicted octanol–water partition coefficient (Wildman–Crippen LogP) is 4.86. The van der Waals surface area contributed by atoms with E-state index in [0.717, 1.165) is 35.7 Å². The van der Waals surface area contributed by atoms with Gasteiger partial charge >= 0.3 is 0 Å². The summed E-state index contributed by atoms with van der Waals surface area (Å²) in [5.74, 6) is -0.0579. The van der Waals surface area contributed by atoms with Crippen LogP contribution < -0.4 is 10.6 Å². The Kier molecular flexibility index (Phi) is 6.62. The number of hydrogen-bond donors (Lipinski definition) is 3. The molecule has 2 aromatic carbocycles. The van der Waals surface area contributed by atoms with E-state index in [1.165, 1.54) is 6.42 Å². The lowest BCUT2D eigenvalue weighted by Gasteiger charge is -2.31. The molecule has 1 aliphatic carbocycles. The van der Waals surface area contributed by atoms with Gasteiger partial charge < -0.3 is 15.6 Å². The van der Waals surface area contributed by atoms with Crippen LogP contribution in [0.25, 0.3) is 10.9 Å². The Balaban J connectivity index is 1.57. The van der Waals surface area contributed by atoms with E-state index in [9.17, 15) is 9.59 Å². The first-order valence-electron chi connectivity index (χ1n) is 10.9. The number of amides is 2. The van der Waals surface area contributed by atoms with Crippen molar-refractivity contribution in [1.29, 1.82) is 0 Å². The molecule has 162 valence electrons. The molecule has 3 N–H and O–H groups in total. The van der Waals surface area contributed by atoms with E-state index >= 15 is 0 Å². The number of aromatic amines is 1. The van der Waals surface area contributed by atoms with Crippen LogP contribution in [0.2, 0.25) is 5.02 Å². The normalized spacial score (nSPS) is 19.7. The van der Waals surface area contributed by atoms with Crippen LogP contribution in [0.5, 0.6) is 0 Å². The maximum atomic E-state index is 13.3. The molecule has 5 nitrogen and oxygen atoms in total. The molecular formula is C25H28ClN3O2. The quantitative estimate of drug-likeness (QED) is 0.515. The Morgan fingerprint density at radius 1 is 1.10 bits per heavy atom. The van der Waals surface area contributed by atoms with Gasteiger partial charge in [-0.2, -0.15) is 0 Å². The van der Waals surface area contributed by atoms with E-state index in [1.807, 2.05) is 30.5 Å². The standard InChI is InChI=1S/C25H28ClN3O2/c1-16-8-2-6-12-21(16)28-25(31)23(29-24(30)19-10-3-5-11-20(19)26)14-17-15-27-22-13-7-4-9-18(17)22/h3-5,7,9-11,13,15-16,21,23,27H,2,6,8,12,14H2,1H3,(H,28,31)(H,29,30). The number of nitrogens with one attached hydrogen (secondary N) is 3. The van der Waals surface area contributed by atoms with Crippen molar-refractivity contribution in [1.82, 2.24) is 15.6 Å². The number of carbonyl (C=O) groups excluding carboxylic acids is 2. The van der Waals surface area contributed by atoms with Gasteiger partial charge in [-0.15, -0.1) is 0 Å². The molecule has 0 spiro atoms.